The summed E-state index contributed by atoms with van der Waals surface area (Å²) in [4.78, 5) is 27.8. The van der Waals surface area contributed by atoms with Crippen LogP contribution in [0, 0.1) is 5.82 Å². The smallest absolute Gasteiger partial charge is 0.329 e. The predicted octanol–water partition coefficient (Wildman–Crippen LogP) is 3.51. The maximum absolute atomic E-state index is 16.8. The molecule has 3 atom stereocenters. The van der Waals surface area contributed by atoms with E-state index in [1.54, 1.807) is 30.9 Å². The lowest BCUT2D eigenvalue weighted by atomic mass is 10.1. The lowest BCUT2D eigenvalue weighted by Gasteiger charge is -2.35. The molecule has 2 N–H and O–H groups in total. The number of rotatable bonds is 4. The molecule has 2 aliphatic heterocycles. The highest BCUT2D eigenvalue weighted by molar-refractivity contribution is 6.30. The summed E-state index contributed by atoms with van der Waals surface area (Å²) < 4.78 is 37.5. The third-order valence-corrected chi connectivity index (χ3v) is 6.94. The summed E-state index contributed by atoms with van der Waals surface area (Å²) >= 11 is 6.15. The molecule has 3 amide bonds. The Balaban J connectivity index is 1.54. The Bertz CT molecular complexity index is 1190. The normalized spacial score (nSPS) is 28.4. The van der Waals surface area contributed by atoms with E-state index in [-0.39, 0.29) is 24.2 Å². The molecule has 5 rings (SSSR count). The minimum absolute atomic E-state index is 0.0607. The highest BCUT2D eigenvalue weighted by Crippen LogP contribution is 2.47. The highest BCUT2D eigenvalue weighted by atomic mass is 35.5. The molecule has 2 saturated heterocycles. The van der Waals surface area contributed by atoms with E-state index in [0.29, 0.717) is 23.6 Å². The number of imide groups is 1. The van der Waals surface area contributed by atoms with Crippen LogP contribution >= 0.6 is 11.6 Å². The summed E-state index contributed by atoms with van der Waals surface area (Å²) in [5.41, 5.74) is -0.208. The largest absolute Gasteiger partial charge is 0.449 e. The zero-order chi connectivity index (χ0) is 24.4. The first kappa shape index (κ1) is 23.0. The van der Waals surface area contributed by atoms with Crippen molar-refractivity contribution in [1.29, 1.82) is 0 Å². The maximum atomic E-state index is 16.8. The molecule has 3 aliphatic rings. The Labute approximate surface area is 200 Å². The van der Waals surface area contributed by atoms with Gasteiger partial charge in [-0.1, -0.05) is 17.7 Å². The molecule has 180 valence electrons. The zero-order valence-electron chi connectivity index (χ0n) is 18.6. The van der Waals surface area contributed by atoms with Crippen molar-refractivity contribution in [3.05, 3.63) is 58.4 Å². The second-order valence-electron chi connectivity index (χ2n) is 9.52. The molecule has 34 heavy (non-hydrogen) atoms. The van der Waals surface area contributed by atoms with Crippen molar-refractivity contribution in [3.8, 4) is 5.75 Å². The highest BCUT2D eigenvalue weighted by Gasteiger charge is 2.54. The van der Waals surface area contributed by atoms with Gasteiger partial charge in [-0.25, -0.2) is 14.1 Å². The predicted molar refractivity (Wildman–Crippen MR) is 121 cm³/mol. The number of aliphatic hydroxyl groups is 1. The molecular formula is C24H24ClF2N3O4. The third-order valence-electron chi connectivity index (χ3n) is 6.71. The Hall–Kier alpha value is -2.75. The van der Waals surface area contributed by atoms with E-state index >= 15 is 4.39 Å². The van der Waals surface area contributed by atoms with Crippen LogP contribution in [-0.4, -0.2) is 52.7 Å². The fourth-order valence-corrected chi connectivity index (χ4v) is 5.13. The van der Waals surface area contributed by atoms with Crippen molar-refractivity contribution in [2.75, 3.05) is 18.0 Å². The first-order chi connectivity index (χ1) is 16.0. The van der Waals surface area contributed by atoms with E-state index < -0.39 is 47.0 Å². The molecule has 0 bridgehead atoms. The van der Waals surface area contributed by atoms with Crippen LogP contribution in [0.4, 0.5) is 19.3 Å². The molecule has 2 heterocycles. The van der Waals surface area contributed by atoms with Gasteiger partial charge in [0.05, 0.1) is 17.8 Å². The summed E-state index contributed by atoms with van der Waals surface area (Å²) in [5.74, 6) is -4.28. The summed E-state index contributed by atoms with van der Waals surface area (Å²) in [5, 5.41) is 12.9. The van der Waals surface area contributed by atoms with Crippen molar-refractivity contribution < 1.29 is 28.2 Å². The molecule has 2 fully saturated rings. The molecule has 0 spiro atoms. The number of nitrogens with zero attached hydrogens (tertiary/aromatic N) is 2. The number of nitrogens with one attached hydrogen (secondary N) is 1. The second kappa shape index (κ2) is 7.90. The summed E-state index contributed by atoms with van der Waals surface area (Å²) in [7, 11) is 0. The van der Waals surface area contributed by atoms with Crippen LogP contribution in [0.15, 0.2) is 36.4 Å². The molecule has 0 aromatic heterocycles. The van der Waals surface area contributed by atoms with E-state index in [4.69, 9.17) is 16.3 Å². The maximum Gasteiger partial charge on any atom is 0.329 e. The number of β-amino-alcohol motifs (C(OH)–C–C–N with tert-alkyl or cyclic N) is 1. The van der Waals surface area contributed by atoms with Crippen molar-refractivity contribution in [2.45, 2.75) is 50.2 Å². The summed E-state index contributed by atoms with van der Waals surface area (Å²) in [6.45, 7) is 3.84. The summed E-state index contributed by atoms with van der Waals surface area (Å²) in [6, 6.07) is 6.79. The number of aliphatic hydroxyl groups excluding tert-OH is 1. The number of ether oxygens (including phenoxy) is 1. The number of carbonyl (C=O) groups is 2. The van der Waals surface area contributed by atoms with Crippen molar-refractivity contribution in [2.24, 2.45) is 0 Å². The molecule has 2 aromatic carbocycles. The SMILES string of the molecule is CC1(C)NC(=O)N(c2ccc(F)c(O[C@]3(F)c4cc(Cl)ccc4C[C@@H]3N3CCC(O)C3)c2)C1=O. The van der Waals surface area contributed by atoms with E-state index in [0.717, 1.165) is 17.0 Å². The molecular weight excluding hydrogens is 468 g/mol. The van der Waals surface area contributed by atoms with Gasteiger partial charge in [0.1, 0.15) is 5.54 Å². The van der Waals surface area contributed by atoms with Crippen LogP contribution in [0.25, 0.3) is 0 Å². The number of hydrogen-bond donors (Lipinski definition) is 2. The molecule has 0 saturated carbocycles. The van der Waals surface area contributed by atoms with Crippen LogP contribution in [0.5, 0.6) is 5.75 Å². The Kier molecular flexibility index (Phi) is 5.34. The quantitative estimate of drug-likeness (QED) is 0.640. The van der Waals surface area contributed by atoms with Gasteiger partial charge in [0.2, 0.25) is 0 Å². The Morgan fingerprint density at radius 3 is 2.62 bits per heavy atom. The molecule has 1 aliphatic carbocycles. The molecule has 10 heteroatoms. The number of benzene rings is 2. The molecule has 7 nitrogen and oxygen atoms in total. The van der Waals surface area contributed by atoms with Gasteiger partial charge >= 0.3 is 6.03 Å². The topological polar surface area (TPSA) is 82.1 Å². The van der Waals surface area contributed by atoms with Gasteiger partial charge < -0.3 is 15.2 Å². The Morgan fingerprint density at radius 1 is 1.21 bits per heavy atom. The first-order valence-electron chi connectivity index (χ1n) is 11.0. The number of carbonyl (C=O) groups excluding carboxylic acids is 2. The monoisotopic (exact) mass is 491 g/mol. The number of anilines is 1. The summed E-state index contributed by atoms with van der Waals surface area (Å²) in [6.07, 6.45) is 0.202. The minimum atomic E-state index is -2.47. The zero-order valence-corrected chi connectivity index (χ0v) is 19.4. The third kappa shape index (κ3) is 3.62. The average molecular weight is 492 g/mol. The number of halogens is 3. The van der Waals surface area contributed by atoms with Gasteiger partial charge in [0.15, 0.2) is 11.6 Å². The van der Waals surface area contributed by atoms with Crippen LogP contribution < -0.4 is 15.0 Å². The standard InChI is InChI=1S/C24H24ClF2N3O4/c1-23(2)21(32)30(22(33)28-23)15-5-6-18(26)19(11-15)34-24(27)17-10-14(25)4-3-13(17)9-20(24)29-8-7-16(31)12-29/h3-6,10-11,16,20,31H,7-9,12H2,1-2H3,(H,28,33)/t16?,20-,24+/m0/s1. The van der Waals surface area contributed by atoms with Crippen LogP contribution in [0.2, 0.25) is 5.02 Å². The van der Waals surface area contributed by atoms with Crippen LogP contribution in [-0.2, 0) is 17.1 Å². The van der Waals surface area contributed by atoms with Gasteiger partial charge in [0, 0.05) is 29.7 Å². The number of alkyl halides is 1. The van der Waals surface area contributed by atoms with Crippen molar-refractivity contribution in [3.63, 3.8) is 0 Å². The first-order valence-corrected chi connectivity index (χ1v) is 11.4. The van der Waals surface area contributed by atoms with Gasteiger partial charge in [-0.2, -0.15) is 4.39 Å². The van der Waals surface area contributed by atoms with Gasteiger partial charge in [-0.05, 0) is 56.5 Å². The fraction of sp³-hybridized carbons (Fsp3) is 0.417. The van der Waals surface area contributed by atoms with Gasteiger partial charge in [-0.3, -0.25) is 9.69 Å². The average Bonchev–Trinajstić information content (AvgIpc) is 3.37. The number of fused-ring (bicyclic) bond motifs is 1. The number of likely N-dealkylation sites (tertiary alicyclic amines) is 1. The number of amides is 3. The van der Waals surface area contributed by atoms with E-state index in [9.17, 15) is 19.1 Å². The second-order valence-corrected chi connectivity index (χ2v) is 9.95. The number of hydrogen-bond acceptors (Lipinski definition) is 5. The molecule has 2 aromatic rings. The lowest BCUT2D eigenvalue weighted by molar-refractivity contribution is -0.123. The minimum Gasteiger partial charge on any atom is -0.449 e. The van der Waals surface area contributed by atoms with Gasteiger partial charge in [0.25, 0.3) is 11.8 Å². The van der Waals surface area contributed by atoms with E-state index in [2.05, 4.69) is 5.32 Å². The number of urea groups is 1. The van der Waals surface area contributed by atoms with E-state index in [1.807, 2.05) is 0 Å². The Morgan fingerprint density at radius 2 is 1.97 bits per heavy atom. The van der Waals surface area contributed by atoms with E-state index in [1.165, 1.54) is 12.1 Å². The van der Waals surface area contributed by atoms with Crippen molar-refractivity contribution >= 4 is 29.2 Å². The van der Waals surface area contributed by atoms with Crippen LogP contribution in [0.1, 0.15) is 31.4 Å². The fourth-order valence-electron chi connectivity index (χ4n) is 4.95. The van der Waals surface area contributed by atoms with Crippen LogP contribution in [0.3, 0.4) is 0 Å². The molecule has 1 unspecified atom stereocenters. The molecule has 0 radical (unpaired) electrons. The lowest BCUT2D eigenvalue weighted by Crippen LogP contribution is -2.48. The van der Waals surface area contributed by atoms with Gasteiger partial charge in [-0.15, -0.1) is 0 Å². The van der Waals surface area contributed by atoms with Crippen molar-refractivity contribution in [1.82, 2.24) is 10.2 Å².